The number of rotatable bonds is 9. The van der Waals surface area contributed by atoms with Crippen molar-refractivity contribution in [3.05, 3.63) is 71.1 Å². The fraction of sp³-hybridized carbons (Fsp3) is 0.407. The molecule has 0 aliphatic heterocycles. The van der Waals surface area contributed by atoms with Crippen molar-refractivity contribution in [1.29, 1.82) is 0 Å². The van der Waals surface area contributed by atoms with Crippen molar-refractivity contribution < 1.29 is 19.1 Å². The van der Waals surface area contributed by atoms with Gasteiger partial charge in [0.05, 0.1) is 18.2 Å². The van der Waals surface area contributed by atoms with Crippen LogP contribution in [0, 0.1) is 5.92 Å². The minimum absolute atomic E-state index is 0.0988. The first-order valence-corrected chi connectivity index (χ1v) is 11.5. The van der Waals surface area contributed by atoms with E-state index < -0.39 is 5.97 Å². The molecule has 5 heteroatoms. The van der Waals surface area contributed by atoms with Crippen molar-refractivity contribution >= 4 is 5.97 Å². The summed E-state index contributed by atoms with van der Waals surface area (Å²) in [5.74, 6) is 1.71. The molecular formula is C27H31NO4. The van der Waals surface area contributed by atoms with Crippen LogP contribution in [0.5, 0.6) is 5.75 Å². The molecule has 1 aliphatic rings. The van der Waals surface area contributed by atoms with Gasteiger partial charge in [-0.2, -0.15) is 0 Å². The second kappa shape index (κ2) is 9.60. The zero-order valence-corrected chi connectivity index (χ0v) is 19.0. The highest BCUT2D eigenvalue weighted by Crippen LogP contribution is 2.41. The number of carbonyl (C=O) groups is 1. The Bertz CT molecular complexity index is 1070. The number of carboxylic acid groups (broad SMARTS) is 1. The van der Waals surface area contributed by atoms with E-state index in [0.717, 1.165) is 41.2 Å². The van der Waals surface area contributed by atoms with E-state index >= 15 is 0 Å². The number of aromatic nitrogens is 1. The van der Waals surface area contributed by atoms with Crippen LogP contribution < -0.4 is 4.74 Å². The minimum Gasteiger partial charge on any atom is -0.493 e. The summed E-state index contributed by atoms with van der Waals surface area (Å²) in [7, 11) is 0. The van der Waals surface area contributed by atoms with Crippen LogP contribution in [0.2, 0.25) is 0 Å². The minimum atomic E-state index is -0.700. The highest BCUT2D eigenvalue weighted by Gasteiger charge is 2.33. The number of oxazole rings is 1. The van der Waals surface area contributed by atoms with Gasteiger partial charge in [0.2, 0.25) is 5.89 Å². The molecule has 1 aromatic heterocycles. The number of ether oxygens (including phenoxy) is 1. The van der Waals surface area contributed by atoms with Crippen LogP contribution in [-0.4, -0.2) is 22.7 Å². The smallest absolute Gasteiger partial charge is 0.307 e. The van der Waals surface area contributed by atoms with E-state index in [1.165, 1.54) is 5.56 Å². The third-order valence-corrected chi connectivity index (χ3v) is 6.36. The van der Waals surface area contributed by atoms with E-state index in [1.807, 2.05) is 43.3 Å². The van der Waals surface area contributed by atoms with E-state index in [4.69, 9.17) is 14.1 Å². The average Bonchev–Trinajstić information content (AvgIpc) is 3.39. The van der Waals surface area contributed by atoms with Gasteiger partial charge < -0.3 is 14.3 Å². The number of fused-ring (bicyclic) bond motifs is 1. The molecule has 1 N–H and O–H groups in total. The van der Waals surface area contributed by atoms with Gasteiger partial charge in [-0.1, -0.05) is 45.0 Å². The molecular weight excluding hydrogens is 402 g/mol. The lowest BCUT2D eigenvalue weighted by Crippen LogP contribution is -2.19. The maximum Gasteiger partial charge on any atom is 0.307 e. The Morgan fingerprint density at radius 1 is 1.22 bits per heavy atom. The standard InChI is InChI=1S/C27H31NO4/c1-4-21(27(29)30)23-12-10-19-16-20(11-13-22(19)23)31-15-14-24-25(17(2)3)32-26(28-24)18-8-6-5-7-9-18/h5-9,11,13,16-17,21,23H,4,10,12,14-15H2,1-3H3,(H,29,30). The Morgan fingerprint density at radius 2 is 2.00 bits per heavy atom. The Kier molecular flexibility index (Phi) is 6.63. The topological polar surface area (TPSA) is 72.6 Å². The van der Waals surface area contributed by atoms with Gasteiger partial charge in [-0.05, 0) is 60.6 Å². The summed E-state index contributed by atoms with van der Waals surface area (Å²) in [6, 6.07) is 16.0. The molecule has 0 saturated carbocycles. The molecule has 2 unspecified atom stereocenters. The second-order valence-corrected chi connectivity index (χ2v) is 8.81. The van der Waals surface area contributed by atoms with E-state index in [1.54, 1.807) is 0 Å². The van der Waals surface area contributed by atoms with Crippen molar-refractivity contribution in [3.8, 4) is 17.2 Å². The molecule has 1 heterocycles. The maximum atomic E-state index is 11.6. The largest absolute Gasteiger partial charge is 0.493 e. The number of hydrogen-bond donors (Lipinski definition) is 1. The molecule has 4 rings (SSSR count). The molecule has 0 bridgehead atoms. The summed E-state index contributed by atoms with van der Waals surface area (Å²) in [5, 5.41) is 9.54. The van der Waals surface area contributed by atoms with E-state index in [2.05, 4.69) is 26.0 Å². The fourth-order valence-electron chi connectivity index (χ4n) is 4.73. The van der Waals surface area contributed by atoms with Gasteiger partial charge in [0.15, 0.2) is 0 Å². The molecule has 3 aromatic rings. The van der Waals surface area contributed by atoms with E-state index in [9.17, 15) is 9.90 Å². The van der Waals surface area contributed by atoms with Crippen LogP contribution in [0.25, 0.3) is 11.5 Å². The van der Waals surface area contributed by atoms with Crippen molar-refractivity contribution in [3.63, 3.8) is 0 Å². The van der Waals surface area contributed by atoms with Crippen LogP contribution in [0.1, 0.15) is 68.0 Å². The molecule has 0 radical (unpaired) electrons. The molecule has 5 nitrogen and oxygen atoms in total. The highest BCUT2D eigenvalue weighted by atomic mass is 16.5. The summed E-state index contributed by atoms with van der Waals surface area (Å²) in [6.45, 7) is 6.68. The van der Waals surface area contributed by atoms with Crippen LogP contribution in [0.15, 0.2) is 52.9 Å². The molecule has 0 fully saturated rings. The first-order valence-electron chi connectivity index (χ1n) is 11.5. The predicted molar refractivity (Wildman–Crippen MR) is 124 cm³/mol. The zero-order chi connectivity index (χ0) is 22.7. The van der Waals surface area contributed by atoms with Gasteiger partial charge in [0.1, 0.15) is 11.5 Å². The molecule has 32 heavy (non-hydrogen) atoms. The predicted octanol–water partition coefficient (Wildman–Crippen LogP) is 6.23. The van der Waals surface area contributed by atoms with E-state index in [0.29, 0.717) is 25.3 Å². The number of aliphatic carboxylic acids is 1. The highest BCUT2D eigenvalue weighted by molar-refractivity contribution is 5.72. The van der Waals surface area contributed by atoms with Gasteiger partial charge in [-0.25, -0.2) is 4.98 Å². The molecule has 2 aromatic carbocycles. The lowest BCUT2D eigenvalue weighted by Gasteiger charge is -2.19. The maximum absolute atomic E-state index is 11.6. The molecule has 0 spiro atoms. The van der Waals surface area contributed by atoms with Crippen molar-refractivity contribution in [1.82, 2.24) is 4.98 Å². The second-order valence-electron chi connectivity index (χ2n) is 8.81. The van der Waals surface area contributed by atoms with Crippen LogP contribution in [0.3, 0.4) is 0 Å². The van der Waals surface area contributed by atoms with Crippen molar-refractivity contribution in [2.24, 2.45) is 5.92 Å². The summed E-state index contributed by atoms with van der Waals surface area (Å²) in [5.41, 5.74) is 4.29. The number of hydrogen-bond acceptors (Lipinski definition) is 4. The van der Waals surface area contributed by atoms with Crippen molar-refractivity contribution in [2.45, 2.75) is 58.3 Å². The SMILES string of the molecule is CCC(C(=O)O)C1CCc2cc(OCCc3nc(-c4ccccc4)oc3C(C)C)ccc21. The number of benzene rings is 2. The van der Waals surface area contributed by atoms with Crippen LogP contribution in [-0.2, 0) is 17.6 Å². The van der Waals surface area contributed by atoms with Gasteiger partial charge in [-0.3, -0.25) is 4.79 Å². The summed E-state index contributed by atoms with van der Waals surface area (Å²) < 4.78 is 12.1. The van der Waals surface area contributed by atoms with E-state index in [-0.39, 0.29) is 17.8 Å². The Hall–Kier alpha value is -3.08. The molecule has 2 atom stereocenters. The average molecular weight is 434 g/mol. The lowest BCUT2D eigenvalue weighted by molar-refractivity contribution is -0.142. The Morgan fingerprint density at radius 3 is 2.69 bits per heavy atom. The quantitative estimate of drug-likeness (QED) is 0.433. The molecule has 168 valence electrons. The fourth-order valence-corrected chi connectivity index (χ4v) is 4.73. The number of carboxylic acids is 1. The van der Waals surface area contributed by atoms with Crippen molar-refractivity contribution in [2.75, 3.05) is 6.61 Å². The van der Waals surface area contributed by atoms with Gasteiger partial charge >= 0.3 is 5.97 Å². The summed E-state index contributed by atoms with van der Waals surface area (Å²) in [4.78, 5) is 16.3. The van der Waals surface area contributed by atoms with Gasteiger partial charge in [0.25, 0.3) is 0 Å². The first-order chi connectivity index (χ1) is 15.5. The Labute approximate surface area is 189 Å². The Balaban J connectivity index is 1.43. The van der Waals surface area contributed by atoms with Crippen LogP contribution >= 0.6 is 0 Å². The normalized spacial score (nSPS) is 16.2. The zero-order valence-electron chi connectivity index (χ0n) is 19.0. The number of nitrogens with zero attached hydrogens (tertiary/aromatic N) is 1. The summed E-state index contributed by atoms with van der Waals surface area (Å²) in [6.07, 6.45) is 3.11. The van der Waals surface area contributed by atoms with Crippen LogP contribution in [0.4, 0.5) is 0 Å². The molecule has 0 amide bonds. The third-order valence-electron chi connectivity index (χ3n) is 6.36. The van der Waals surface area contributed by atoms with Gasteiger partial charge in [0, 0.05) is 17.9 Å². The molecule has 1 aliphatic carbocycles. The third kappa shape index (κ3) is 4.57. The van der Waals surface area contributed by atoms with Gasteiger partial charge in [-0.15, -0.1) is 0 Å². The lowest BCUT2D eigenvalue weighted by atomic mass is 9.85. The first kappa shape index (κ1) is 22.1. The monoisotopic (exact) mass is 433 g/mol. The molecule has 0 saturated heterocycles. The number of aryl methyl sites for hydroxylation is 1. The summed E-state index contributed by atoms with van der Waals surface area (Å²) >= 11 is 0.